The molecule has 0 fully saturated rings. The van der Waals surface area contributed by atoms with Crippen molar-refractivity contribution in [3.63, 3.8) is 0 Å². The molecule has 1 aromatic heterocycles. The predicted molar refractivity (Wildman–Crippen MR) is 42.0 cm³/mol. The summed E-state index contributed by atoms with van der Waals surface area (Å²) in [5.41, 5.74) is 0. The summed E-state index contributed by atoms with van der Waals surface area (Å²) in [6.07, 6.45) is 9.83. The molecule has 0 bridgehead atoms. The maximum Gasteiger partial charge on any atom is 1.00 e. The number of hydrogen-bond donors (Lipinski definition) is 0. The monoisotopic (exact) mass is 334 g/mol. The molecule has 1 heterocycles. The molecule has 0 aliphatic carbocycles. The van der Waals surface area contributed by atoms with E-state index in [1.807, 2.05) is 0 Å². The third-order valence-corrected chi connectivity index (χ3v) is 0.478. The Morgan fingerprint density at radius 3 is 1.23 bits per heavy atom. The fourth-order valence-corrected chi connectivity index (χ4v) is 0.253. The van der Waals surface area contributed by atoms with Gasteiger partial charge in [0.25, 0.3) is 0 Å². The van der Waals surface area contributed by atoms with Gasteiger partial charge in [-0.15, -0.1) is 0 Å². The van der Waals surface area contributed by atoms with Crippen molar-refractivity contribution in [2.75, 3.05) is 12.5 Å². The largest absolute Gasteiger partial charge is 1.00 e. The quantitative estimate of drug-likeness (QED) is 0.445. The normalized spacial score (nSPS) is 6.38. The van der Waals surface area contributed by atoms with Gasteiger partial charge in [0.05, 0.1) is 0 Å². The zero-order valence-corrected chi connectivity index (χ0v) is 14.2. The minimum absolute atomic E-state index is 0. The van der Waals surface area contributed by atoms with E-state index < -0.39 is 10.8 Å². The van der Waals surface area contributed by atoms with Gasteiger partial charge in [0.15, 0.2) is 0 Å². The van der Waals surface area contributed by atoms with Crippen molar-refractivity contribution >= 4 is 10.8 Å². The molecule has 0 saturated heterocycles. The van der Waals surface area contributed by atoms with Crippen LogP contribution in [0.2, 0.25) is 0 Å². The van der Waals surface area contributed by atoms with Gasteiger partial charge in [0.2, 0.25) is 0 Å². The van der Waals surface area contributed by atoms with Crippen LogP contribution in [0, 0.1) is 0 Å². The van der Waals surface area contributed by atoms with E-state index in [-0.39, 0.29) is 83.3 Å². The standard InChI is InChI=1S/C4H4N2.C2H6OS.ClH.K.Ru/c1-2-6-4-3-5-1;1-4(2)3;;;/h1-4H;1-2H3;1H;;/q;;;+1;/p-1. The molecule has 0 radical (unpaired) electrons. The van der Waals surface area contributed by atoms with Gasteiger partial charge >= 0.3 is 51.4 Å². The average Bonchev–Trinajstić information content (AvgIpc) is 1.90. The fraction of sp³-hybridized carbons (Fsp3) is 0.333. The third-order valence-electron chi connectivity index (χ3n) is 0.478. The molecule has 0 saturated carbocycles. The first-order valence-electron chi connectivity index (χ1n) is 2.68. The molecule has 0 aliphatic rings. The van der Waals surface area contributed by atoms with Crippen LogP contribution >= 0.6 is 0 Å². The minimum atomic E-state index is -0.611. The first kappa shape index (κ1) is 24.2. The Morgan fingerprint density at radius 2 is 1.15 bits per heavy atom. The second kappa shape index (κ2) is 19.4. The van der Waals surface area contributed by atoms with E-state index in [1.165, 1.54) is 0 Å². The van der Waals surface area contributed by atoms with Gasteiger partial charge in [-0.25, -0.2) is 0 Å². The average molecular weight is 334 g/mol. The van der Waals surface area contributed by atoms with E-state index in [0.29, 0.717) is 0 Å². The molecule has 0 unspecified atom stereocenters. The smallest absolute Gasteiger partial charge is 1.00 e. The molecular weight excluding hydrogens is 324 g/mol. The van der Waals surface area contributed by atoms with Crippen molar-refractivity contribution in [2.45, 2.75) is 0 Å². The molecule has 3 nitrogen and oxygen atoms in total. The van der Waals surface area contributed by atoms with Crippen LogP contribution in [-0.2, 0) is 30.3 Å². The van der Waals surface area contributed by atoms with Crippen LogP contribution in [-0.4, -0.2) is 26.7 Å². The van der Waals surface area contributed by atoms with E-state index in [4.69, 9.17) is 0 Å². The zero-order valence-electron chi connectivity index (χ0n) is 7.75. The first-order valence-corrected chi connectivity index (χ1v) is 4.65. The summed E-state index contributed by atoms with van der Waals surface area (Å²) in [7, 11) is -0.611. The number of rotatable bonds is 0. The molecule has 0 aliphatic heterocycles. The Balaban J connectivity index is -0.0000000536. The molecule has 0 atom stereocenters. The number of aromatic nitrogens is 2. The van der Waals surface area contributed by atoms with Crippen LogP contribution in [0.25, 0.3) is 0 Å². The Bertz CT molecular complexity index is 163. The maximum absolute atomic E-state index is 9.56. The van der Waals surface area contributed by atoms with Crippen molar-refractivity contribution in [2.24, 2.45) is 0 Å². The number of nitrogens with zero attached hydrogens (tertiary/aromatic N) is 2. The van der Waals surface area contributed by atoms with Crippen molar-refractivity contribution in [3.05, 3.63) is 24.8 Å². The molecule has 13 heavy (non-hydrogen) atoms. The summed E-state index contributed by atoms with van der Waals surface area (Å²) in [4.78, 5) is 7.44. The van der Waals surface area contributed by atoms with Gasteiger partial charge < -0.3 is 12.4 Å². The van der Waals surface area contributed by atoms with Gasteiger partial charge in [-0.3, -0.25) is 14.2 Å². The Kier molecular flexibility index (Phi) is 36.0. The van der Waals surface area contributed by atoms with Gasteiger partial charge in [-0.05, 0) is 0 Å². The molecule has 0 N–H and O–H groups in total. The van der Waals surface area contributed by atoms with Gasteiger partial charge in [-0.1, -0.05) is 0 Å². The Labute approximate surface area is 143 Å². The van der Waals surface area contributed by atoms with Gasteiger partial charge in [-0.2, -0.15) is 0 Å². The van der Waals surface area contributed by atoms with E-state index in [9.17, 15) is 4.21 Å². The van der Waals surface area contributed by atoms with Crippen LogP contribution in [0.3, 0.4) is 0 Å². The number of halogens is 1. The second-order valence-electron chi connectivity index (χ2n) is 1.64. The molecular formula is C6H10ClKN2ORuS. The summed E-state index contributed by atoms with van der Waals surface area (Å²) >= 11 is 0. The molecule has 0 spiro atoms. The summed E-state index contributed by atoms with van der Waals surface area (Å²) in [6.45, 7) is 0. The number of hydrogen-bond acceptors (Lipinski definition) is 3. The molecule has 0 aromatic carbocycles. The van der Waals surface area contributed by atoms with Crippen LogP contribution in [0.4, 0.5) is 0 Å². The molecule has 1 aromatic rings. The van der Waals surface area contributed by atoms with E-state index >= 15 is 0 Å². The van der Waals surface area contributed by atoms with Crippen LogP contribution < -0.4 is 63.8 Å². The van der Waals surface area contributed by atoms with Crippen LogP contribution in [0.1, 0.15) is 0 Å². The summed E-state index contributed by atoms with van der Waals surface area (Å²) in [6, 6.07) is 0. The third kappa shape index (κ3) is 31.6. The Hall–Kier alpha value is 1.78. The van der Waals surface area contributed by atoms with E-state index in [0.717, 1.165) is 0 Å². The second-order valence-corrected chi connectivity index (χ2v) is 3.12. The Morgan fingerprint density at radius 1 is 1.00 bits per heavy atom. The van der Waals surface area contributed by atoms with Crippen LogP contribution in [0.15, 0.2) is 24.8 Å². The predicted octanol–water partition coefficient (Wildman–Crippen LogP) is -5.52. The van der Waals surface area contributed by atoms with Crippen molar-refractivity contribution in [3.8, 4) is 0 Å². The molecule has 1 rings (SSSR count). The zero-order chi connectivity index (χ0) is 7.82. The first-order chi connectivity index (χ1) is 4.73. The van der Waals surface area contributed by atoms with Crippen molar-refractivity contribution in [1.29, 1.82) is 0 Å². The SMILES string of the molecule is CS(C)=O.[Cl-].[K+].[Ru].c1cnccn1. The minimum Gasteiger partial charge on any atom is -1.00 e. The summed E-state index contributed by atoms with van der Waals surface area (Å²) in [5.74, 6) is 0. The maximum atomic E-state index is 9.56. The van der Waals surface area contributed by atoms with Gasteiger partial charge in [0, 0.05) is 67.6 Å². The molecule has 7 heteroatoms. The van der Waals surface area contributed by atoms with E-state index in [1.54, 1.807) is 37.3 Å². The molecule has 72 valence electrons. The summed E-state index contributed by atoms with van der Waals surface area (Å²) in [5, 5.41) is 0. The van der Waals surface area contributed by atoms with Crippen molar-refractivity contribution in [1.82, 2.24) is 9.97 Å². The van der Waals surface area contributed by atoms with Crippen molar-refractivity contribution < 1.29 is 87.5 Å². The molecule has 0 amide bonds. The van der Waals surface area contributed by atoms with Crippen LogP contribution in [0.5, 0.6) is 0 Å². The topological polar surface area (TPSA) is 42.9 Å². The van der Waals surface area contributed by atoms with E-state index in [2.05, 4.69) is 9.97 Å². The van der Waals surface area contributed by atoms with Gasteiger partial charge in [0.1, 0.15) is 0 Å². The fourth-order valence-electron chi connectivity index (χ4n) is 0.253. The summed E-state index contributed by atoms with van der Waals surface area (Å²) < 4.78 is 9.56.